The summed E-state index contributed by atoms with van der Waals surface area (Å²) < 4.78 is 69.7. The second-order valence-electron chi connectivity index (χ2n) is 34.9. The van der Waals surface area contributed by atoms with Crippen molar-refractivity contribution in [3.05, 3.63) is 144 Å². The van der Waals surface area contributed by atoms with Crippen LogP contribution in [0.5, 0.6) is 0 Å². The van der Waals surface area contributed by atoms with Gasteiger partial charge in [0.15, 0.2) is 0 Å². The molecule has 12 saturated heterocycles. The van der Waals surface area contributed by atoms with Crippen LogP contribution >= 0.6 is 0 Å². The van der Waals surface area contributed by atoms with Crippen LogP contribution in [-0.4, -0.2) is 438 Å². The summed E-state index contributed by atoms with van der Waals surface area (Å²) in [6.45, 7) is 56.4. The minimum absolute atomic E-state index is 0. The molecule has 12 aliphatic heterocycles. The minimum atomic E-state index is -5.62. The second kappa shape index (κ2) is 83.5. The van der Waals surface area contributed by atoms with E-state index in [1.807, 2.05) is 34.3 Å². The molecule has 16 rings (SSSR count). The smallest absolute Gasteiger partial charge is 0.491 e. The molecule has 4 aromatic rings. The van der Waals surface area contributed by atoms with Crippen LogP contribution in [0.25, 0.3) is 0 Å². The SMILES string of the molecule is C.C.C.C.C.C.C.C.C.C.C.C.C.C.CC(=O)N1CC(N2CCNCC2)C1.CC(=O)N1CCN(C)CC1.CC(=O)N1CCN(C2CN(C(C)=O)C2)CC1.CC(=O)N1CCN(C2CN(C(c3ccccc3)c3ccccc3)C2)CC1.CC(=O)N1CCN(C2CNC2)CC1.CC(=O)N1CCNCC1.CC(C)=O.CC1CN(C(c2ccccc2)c2ccccc2)C1.CN1CCNCC1.C[C-]=O.O=C(OC(=O)C(F)(F)F)C(F)(F)F.[Y]. The first-order valence-electron chi connectivity index (χ1n) is 46.1. The molecule has 7 amide bonds. The normalized spacial score (nSPS) is 17.8. The first-order chi connectivity index (χ1) is 62.8. The summed E-state index contributed by atoms with van der Waals surface area (Å²) >= 11 is 0. The predicted octanol–water partition coefficient (Wildman–Crippen LogP) is 13.5. The molecule has 0 bridgehead atoms. The van der Waals surface area contributed by atoms with Crippen LogP contribution < -0.4 is 21.3 Å². The molecule has 4 N–H and O–H groups in total. The Morgan fingerprint density at radius 1 is 0.299 bits per heavy atom. The predicted molar refractivity (Wildman–Crippen MR) is 591 cm³/mol. The van der Waals surface area contributed by atoms with Gasteiger partial charge in [-0.05, 0) is 56.1 Å². The molecule has 851 valence electrons. The van der Waals surface area contributed by atoms with Crippen LogP contribution in [-0.2, 0) is 90.2 Å². The number of nitrogens with zero attached hydrogens (tertiary/aromatic N) is 15. The van der Waals surface area contributed by atoms with Crippen molar-refractivity contribution in [2.45, 2.75) is 229 Å². The van der Waals surface area contributed by atoms with E-state index in [-0.39, 0.29) is 184 Å². The third-order valence-corrected chi connectivity index (χ3v) is 24.5. The summed E-state index contributed by atoms with van der Waals surface area (Å²) in [5, 5.41) is 13.0. The Kier molecular flexibility index (Phi) is 90.3. The monoisotopic (exact) mass is 2170 g/mol. The van der Waals surface area contributed by atoms with Gasteiger partial charge >= 0.3 is 24.3 Å². The number of nitrogens with one attached hydrogen (secondary N) is 4. The molecule has 12 fully saturated rings. The van der Waals surface area contributed by atoms with E-state index in [1.165, 1.54) is 75.5 Å². The fourth-order valence-corrected chi connectivity index (χ4v) is 16.4. The van der Waals surface area contributed by atoms with Crippen LogP contribution in [0.1, 0.15) is 214 Å². The average molecular weight is 2170 g/mol. The Bertz CT molecular complexity index is 3970. The fraction of sp³-hybridized carbons (Fsp3) is 0.679. The van der Waals surface area contributed by atoms with Crippen molar-refractivity contribution in [1.29, 1.82) is 0 Å². The summed E-state index contributed by atoms with van der Waals surface area (Å²) in [6, 6.07) is 46.5. The van der Waals surface area contributed by atoms with E-state index in [4.69, 9.17) is 4.79 Å². The van der Waals surface area contributed by atoms with Gasteiger partial charge in [0.1, 0.15) is 5.78 Å². The molecule has 147 heavy (non-hydrogen) atoms. The van der Waals surface area contributed by atoms with Gasteiger partial charge in [-0.15, -0.1) is 0 Å². The molecule has 0 aromatic heterocycles. The fourth-order valence-electron chi connectivity index (χ4n) is 16.4. The van der Waals surface area contributed by atoms with Crippen molar-refractivity contribution in [2.24, 2.45) is 5.92 Å². The van der Waals surface area contributed by atoms with Gasteiger partial charge in [0.25, 0.3) is 0 Å². The first-order valence-corrected chi connectivity index (χ1v) is 46.1. The third kappa shape index (κ3) is 57.8. The standard InChI is InChI=1S/C22H27N3O.C17H19N.C11H19N3O2.2C9H17N3O.C7H14N2O.C6H12N2O.C5H12N2.C4F6O3.C3H6O.C2H3O.14CH4.Y/c1-18(26)23-12-14-24(15-13-23)21-16-25(17-21)22(19-8-4-2-5-9-19)20-10-6-3-7-11-20;1-14-12-18(13-14)17(15-8-4-2-5-9-15)16-10-6-3-7-11-16;1-9(15)12-3-5-13(6-4-12)11-7-14(8-11)10(2)16;1-8(13)11-2-4-12(5-3-11)9-6-10-7-9;1-8(13)12-6-9(7-12)11-4-2-10-3-5-11;1-7(10)9-5-3-8(2)4-6-9;1-6(9)8-4-2-7-3-5-8;1-7-4-2-6-3-5-7;5-3(6,7)1(11)13-2(12)4(8,9)10;1-3(2)4;1-2-3;;;;;;;;;;;;;;;/h2-11,21-22H,12-17H2,1H3;2-11,14,17H,12-13H2,1H3;11H,3-8H2,1-2H3;2*9-10H,2-7H2,1H3;3-6H2,1-2H3;7H,2-5H2,1H3;6H,2-5H2,1H3;;1-2H3;1H3;14*1H4;/q;;;;;;;;;;-1;;;;;;;;;;;;;;;. The number of likely N-dealkylation sites (N-methyl/N-ethyl adjacent to an activating group) is 2. The van der Waals surface area contributed by atoms with Crippen molar-refractivity contribution in [2.75, 3.05) is 263 Å². The number of benzene rings is 4. The number of halogens is 6. The number of carbonyl (C=O) groups excluding carboxylic acids is 11. The van der Waals surface area contributed by atoms with Crippen molar-refractivity contribution in [1.82, 2.24) is 94.8 Å². The molecule has 0 aliphatic carbocycles. The number of carbonyl (C=O) groups is 10. The third-order valence-electron chi connectivity index (χ3n) is 24.5. The van der Waals surface area contributed by atoms with Crippen molar-refractivity contribution < 1.29 is 117 Å². The van der Waals surface area contributed by atoms with E-state index in [9.17, 15) is 74.3 Å². The summed E-state index contributed by atoms with van der Waals surface area (Å²) in [7, 11) is 4.23. The van der Waals surface area contributed by atoms with Crippen LogP contribution in [0.4, 0.5) is 26.3 Å². The molecule has 38 heteroatoms. The number of hydrogen-bond donors (Lipinski definition) is 4. The molecule has 4 aromatic carbocycles. The Morgan fingerprint density at radius 3 is 0.714 bits per heavy atom. The summed E-state index contributed by atoms with van der Waals surface area (Å²) in [6.07, 6.45) is -9.75. The van der Waals surface area contributed by atoms with Crippen molar-refractivity contribution in [3.8, 4) is 0 Å². The summed E-state index contributed by atoms with van der Waals surface area (Å²) in [5.74, 6) is -4.04. The number of Topliss-reactive ketones (excluding diaryl/α,β-unsaturated/α-hetero) is 1. The number of ether oxygens (including phenoxy) is 1. The minimum Gasteiger partial charge on any atom is -0.542 e. The van der Waals surface area contributed by atoms with Gasteiger partial charge in [-0.25, -0.2) is 9.59 Å². The van der Waals surface area contributed by atoms with E-state index in [0.717, 1.165) is 234 Å². The van der Waals surface area contributed by atoms with Crippen LogP contribution in [0.3, 0.4) is 0 Å². The molecule has 0 atom stereocenters. The van der Waals surface area contributed by atoms with Gasteiger partial charge in [-0.1, -0.05) is 232 Å². The van der Waals surface area contributed by atoms with Gasteiger partial charge in [-0.2, -0.15) is 33.3 Å². The van der Waals surface area contributed by atoms with Gasteiger partial charge in [0.2, 0.25) is 41.4 Å². The number of ketones is 1. The van der Waals surface area contributed by atoms with Crippen LogP contribution in [0.15, 0.2) is 121 Å². The Morgan fingerprint density at radius 2 is 0.503 bits per heavy atom. The summed E-state index contributed by atoms with van der Waals surface area (Å²) in [5.41, 5.74) is 5.52. The number of piperazine rings is 7. The van der Waals surface area contributed by atoms with E-state index in [0.29, 0.717) is 30.2 Å². The Hall–Kier alpha value is -8.15. The van der Waals surface area contributed by atoms with Crippen LogP contribution in [0, 0.1) is 5.92 Å². The maximum Gasteiger partial charge on any atom is 0.491 e. The average Bonchev–Trinajstić information content (AvgIpc) is 0.774. The zero-order valence-electron chi connectivity index (χ0n) is 80.4. The topological polar surface area (TPSA) is 294 Å². The number of hydrogen-bond acceptors (Lipinski definition) is 24. The number of rotatable bonds is 10. The number of likely N-dealkylation sites (tertiary alicyclic amines) is 4. The van der Waals surface area contributed by atoms with Gasteiger partial charge in [0, 0.05) is 354 Å². The van der Waals surface area contributed by atoms with E-state index in [1.54, 1.807) is 48.5 Å². The molecule has 12 aliphatic rings. The molecule has 0 spiro atoms. The van der Waals surface area contributed by atoms with E-state index >= 15 is 0 Å². The first kappa shape index (κ1) is 159. The maximum atomic E-state index is 11.5. The molecule has 1 radical (unpaired) electrons. The number of esters is 2. The molecular weight excluding hydrogens is 1970 g/mol. The molecule has 0 unspecified atom stereocenters. The van der Waals surface area contributed by atoms with Crippen molar-refractivity contribution >= 4 is 65.4 Å². The maximum absolute atomic E-state index is 11.5. The van der Waals surface area contributed by atoms with Gasteiger partial charge in [-0.3, -0.25) is 69.2 Å². The Balaban J connectivity index is -0.000000179. The summed E-state index contributed by atoms with van der Waals surface area (Å²) in [4.78, 5) is 148. The number of amides is 7. The molecular formula is C109H202F6N19O12Y-. The zero-order chi connectivity index (χ0) is 97.0. The quantitative estimate of drug-likeness (QED) is 0.0496. The van der Waals surface area contributed by atoms with Crippen LogP contribution in [0.2, 0.25) is 0 Å². The molecule has 0 saturated carbocycles. The van der Waals surface area contributed by atoms with E-state index < -0.39 is 24.3 Å². The van der Waals surface area contributed by atoms with Gasteiger partial charge < -0.3 is 79.7 Å². The van der Waals surface area contributed by atoms with E-state index in [2.05, 4.69) is 208 Å². The zero-order valence-corrected chi connectivity index (χ0v) is 83.2. The second-order valence-corrected chi connectivity index (χ2v) is 34.9. The molecule has 31 nitrogen and oxygen atoms in total. The van der Waals surface area contributed by atoms with Crippen molar-refractivity contribution in [3.63, 3.8) is 0 Å². The molecule has 12 heterocycles. The number of alkyl halides is 6. The Labute approximate surface area is 912 Å². The largest absolute Gasteiger partial charge is 0.542 e. The van der Waals surface area contributed by atoms with Gasteiger partial charge in [0.05, 0.1) is 12.1 Å².